The summed E-state index contributed by atoms with van der Waals surface area (Å²) in [6.45, 7) is 7.52. The van der Waals surface area contributed by atoms with Gasteiger partial charge in [0.25, 0.3) is 0 Å². The number of carbonyl (C=O) groups is 1. The first-order valence-corrected chi connectivity index (χ1v) is 5.57. The summed E-state index contributed by atoms with van der Waals surface area (Å²) in [4.78, 5) is 12.1. The number of amides is 1. The molecule has 5 heteroatoms. The number of aryl methyl sites for hydroxylation is 1. The van der Waals surface area contributed by atoms with Crippen LogP contribution in [0.2, 0.25) is 0 Å². The SMILES string of the molecule is Cc1[nH]nc(NC(=O)C2(C)CCNC2)c1C. The van der Waals surface area contributed by atoms with E-state index in [1.807, 2.05) is 20.8 Å². The molecule has 88 valence electrons. The molecule has 1 aromatic heterocycles. The molecule has 2 heterocycles. The Bertz CT molecular complexity index is 404. The Kier molecular flexibility index (Phi) is 2.71. The molecular weight excluding hydrogens is 204 g/mol. The third-order valence-electron chi connectivity index (χ3n) is 3.40. The highest BCUT2D eigenvalue weighted by molar-refractivity contribution is 5.95. The van der Waals surface area contributed by atoms with Crippen LogP contribution in [0, 0.1) is 19.3 Å². The van der Waals surface area contributed by atoms with E-state index in [2.05, 4.69) is 20.8 Å². The Morgan fingerprint density at radius 2 is 2.25 bits per heavy atom. The van der Waals surface area contributed by atoms with E-state index < -0.39 is 0 Å². The average molecular weight is 222 g/mol. The zero-order valence-electron chi connectivity index (χ0n) is 9.98. The molecule has 1 amide bonds. The van der Waals surface area contributed by atoms with E-state index in [9.17, 15) is 4.79 Å². The summed E-state index contributed by atoms with van der Waals surface area (Å²) in [5, 5.41) is 13.0. The van der Waals surface area contributed by atoms with Gasteiger partial charge in [0.15, 0.2) is 5.82 Å². The molecule has 1 aliphatic rings. The summed E-state index contributed by atoms with van der Waals surface area (Å²) in [5.41, 5.74) is 1.69. The molecule has 1 saturated heterocycles. The normalized spacial score (nSPS) is 24.7. The average Bonchev–Trinajstić information content (AvgIpc) is 2.81. The van der Waals surface area contributed by atoms with E-state index in [1.165, 1.54) is 0 Å². The van der Waals surface area contributed by atoms with Crippen molar-refractivity contribution in [1.29, 1.82) is 0 Å². The van der Waals surface area contributed by atoms with Gasteiger partial charge in [-0.1, -0.05) is 0 Å². The highest BCUT2D eigenvalue weighted by Crippen LogP contribution is 2.26. The molecule has 5 nitrogen and oxygen atoms in total. The van der Waals surface area contributed by atoms with Crippen LogP contribution in [0.4, 0.5) is 5.82 Å². The van der Waals surface area contributed by atoms with Gasteiger partial charge in [-0.2, -0.15) is 5.10 Å². The van der Waals surface area contributed by atoms with E-state index in [4.69, 9.17) is 0 Å². The van der Waals surface area contributed by atoms with Crippen molar-refractivity contribution >= 4 is 11.7 Å². The standard InChI is InChI=1S/C11H18N4O/c1-7-8(2)14-15-9(7)13-10(16)11(3)4-5-12-6-11/h12H,4-6H2,1-3H3,(H2,13,14,15,16). The molecular formula is C11H18N4O. The molecule has 1 atom stereocenters. The lowest BCUT2D eigenvalue weighted by atomic mass is 9.89. The number of nitrogens with one attached hydrogen (secondary N) is 3. The number of nitrogens with zero attached hydrogens (tertiary/aromatic N) is 1. The second-order valence-electron chi connectivity index (χ2n) is 4.76. The first kappa shape index (κ1) is 11.1. The third-order valence-corrected chi connectivity index (χ3v) is 3.40. The van der Waals surface area contributed by atoms with Crippen LogP contribution in [0.5, 0.6) is 0 Å². The maximum atomic E-state index is 12.1. The Morgan fingerprint density at radius 1 is 1.50 bits per heavy atom. The van der Waals surface area contributed by atoms with Crippen molar-refractivity contribution in [3.63, 3.8) is 0 Å². The van der Waals surface area contributed by atoms with Gasteiger partial charge in [-0.15, -0.1) is 0 Å². The highest BCUT2D eigenvalue weighted by atomic mass is 16.2. The summed E-state index contributed by atoms with van der Waals surface area (Å²) in [7, 11) is 0. The smallest absolute Gasteiger partial charge is 0.232 e. The van der Waals surface area contributed by atoms with Gasteiger partial charge in [0.2, 0.25) is 5.91 Å². The summed E-state index contributed by atoms with van der Waals surface area (Å²) in [5.74, 6) is 0.697. The lowest BCUT2D eigenvalue weighted by Gasteiger charge is -2.20. The molecule has 1 fully saturated rings. The van der Waals surface area contributed by atoms with Gasteiger partial charge in [0.1, 0.15) is 0 Å². The fraction of sp³-hybridized carbons (Fsp3) is 0.636. The van der Waals surface area contributed by atoms with Crippen molar-refractivity contribution in [3.8, 4) is 0 Å². The van der Waals surface area contributed by atoms with Gasteiger partial charge in [-0.3, -0.25) is 9.89 Å². The minimum absolute atomic E-state index is 0.0482. The number of carbonyl (C=O) groups excluding carboxylic acids is 1. The molecule has 0 spiro atoms. The quantitative estimate of drug-likeness (QED) is 0.698. The fourth-order valence-electron chi connectivity index (χ4n) is 1.88. The molecule has 16 heavy (non-hydrogen) atoms. The van der Waals surface area contributed by atoms with Crippen LogP contribution in [0.1, 0.15) is 24.6 Å². The van der Waals surface area contributed by atoms with Crippen LogP contribution in [-0.2, 0) is 4.79 Å². The van der Waals surface area contributed by atoms with E-state index in [0.717, 1.165) is 30.8 Å². The first-order valence-electron chi connectivity index (χ1n) is 5.57. The van der Waals surface area contributed by atoms with E-state index >= 15 is 0 Å². The van der Waals surface area contributed by atoms with Gasteiger partial charge in [-0.25, -0.2) is 0 Å². The number of aromatic nitrogens is 2. The lowest BCUT2D eigenvalue weighted by molar-refractivity contribution is -0.123. The number of hydrogen-bond acceptors (Lipinski definition) is 3. The molecule has 0 radical (unpaired) electrons. The fourth-order valence-corrected chi connectivity index (χ4v) is 1.88. The van der Waals surface area contributed by atoms with E-state index in [0.29, 0.717) is 5.82 Å². The van der Waals surface area contributed by atoms with Crippen LogP contribution in [0.3, 0.4) is 0 Å². The predicted octanol–water partition coefficient (Wildman–Crippen LogP) is 0.965. The van der Waals surface area contributed by atoms with Gasteiger partial charge in [0, 0.05) is 17.8 Å². The van der Waals surface area contributed by atoms with Crippen molar-refractivity contribution in [3.05, 3.63) is 11.3 Å². The van der Waals surface area contributed by atoms with Crippen LogP contribution >= 0.6 is 0 Å². The Morgan fingerprint density at radius 3 is 2.75 bits per heavy atom. The molecule has 0 bridgehead atoms. The molecule has 1 aromatic rings. The highest BCUT2D eigenvalue weighted by Gasteiger charge is 2.36. The van der Waals surface area contributed by atoms with Crippen molar-refractivity contribution in [2.24, 2.45) is 5.41 Å². The maximum absolute atomic E-state index is 12.1. The summed E-state index contributed by atoms with van der Waals surface area (Å²) >= 11 is 0. The van der Waals surface area contributed by atoms with Crippen molar-refractivity contribution in [2.75, 3.05) is 18.4 Å². The molecule has 0 aliphatic carbocycles. The Hall–Kier alpha value is -1.36. The van der Waals surface area contributed by atoms with Crippen LogP contribution in [-0.4, -0.2) is 29.2 Å². The van der Waals surface area contributed by atoms with Crippen LogP contribution in [0.15, 0.2) is 0 Å². The summed E-state index contributed by atoms with van der Waals surface area (Å²) in [6, 6.07) is 0. The molecule has 3 N–H and O–H groups in total. The van der Waals surface area contributed by atoms with Crippen LogP contribution in [0.25, 0.3) is 0 Å². The number of aromatic amines is 1. The van der Waals surface area contributed by atoms with Crippen LogP contribution < -0.4 is 10.6 Å². The van der Waals surface area contributed by atoms with E-state index in [-0.39, 0.29) is 11.3 Å². The van der Waals surface area contributed by atoms with Gasteiger partial charge in [0.05, 0.1) is 5.41 Å². The zero-order valence-corrected chi connectivity index (χ0v) is 9.98. The Balaban J connectivity index is 2.10. The number of rotatable bonds is 2. The molecule has 2 rings (SSSR count). The van der Waals surface area contributed by atoms with E-state index in [1.54, 1.807) is 0 Å². The van der Waals surface area contributed by atoms with Crippen molar-refractivity contribution < 1.29 is 4.79 Å². The second kappa shape index (κ2) is 3.90. The second-order valence-corrected chi connectivity index (χ2v) is 4.76. The zero-order chi connectivity index (χ0) is 11.8. The number of anilines is 1. The molecule has 0 aromatic carbocycles. The van der Waals surface area contributed by atoms with Gasteiger partial charge >= 0.3 is 0 Å². The monoisotopic (exact) mass is 222 g/mol. The van der Waals surface area contributed by atoms with Gasteiger partial charge in [-0.05, 0) is 33.7 Å². The first-order chi connectivity index (χ1) is 7.53. The Labute approximate surface area is 95.0 Å². The van der Waals surface area contributed by atoms with Crippen molar-refractivity contribution in [1.82, 2.24) is 15.5 Å². The van der Waals surface area contributed by atoms with Gasteiger partial charge < -0.3 is 10.6 Å². The third kappa shape index (κ3) is 1.82. The lowest BCUT2D eigenvalue weighted by Crippen LogP contribution is -2.35. The minimum atomic E-state index is -0.306. The minimum Gasteiger partial charge on any atom is -0.316 e. The predicted molar refractivity (Wildman–Crippen MR) is 62.3 cm³/mol. The number of H-pyrrole nitrogens is 1. The molecule has 1 unspecified atom stereocenters. The summed E-state index contributed by atoms with van der Waals surface area (Å²) in [6.07, 6.45) is 0.876. The largest absolute Gasteiger partial charge is 0.316 e. The molecule has 1 aliphatic heterocycles. The molecule has 0 saturated carbocycles. The topological polar surface area (TPSA) is 69.8 Å². The maximum Gasteiger partial charge on any atom is 0.232 e. The number of hydrogen-bond donors (Lipinski definition) is 3. The van der Waals surface area contributed by atoms with Crippen molar-refractivity contribution in [2.45, 2.75) is 27.2 Å². The summed E-state index contributed by atoms with van der Waals surface area (Å²) < 4.78 is 0.